The van der Waals surface area contributed by atoms with Crippen LogP contribution in [0, 0.1) is 0 Å². The van der Waals surface area contributed by atoms with E-state index in [1.165, 1.54) is 45.0 Å². The zero-order chi connectivity index (χ0) is 49.1. The second-order valence-electron chi connectivity index (χ2n) is 23.5. The first-order valence-corrected chi connectivity index (χ1v) is 24.9. The molecule has 0 aliphatic heterocycles. The van der Waals surface area contributed by atoms with E-state index in [1.54, 1.807) is 0 Å². The first kappa shape index (κ1) is 45.2. The molecule has 11 rings (SSSR count). The number of hydrogen-bond donors (Lipinski definition) is 0. The van der Waals surface area contributed by atoms with Crippen LogP contribution in [0.4, 0.5) is 34.1 Å². The summed E-state index contributed by atoms with van der Waals surface area (Å²) < 4.78 is 13.6. The van der Waals surface area contributed by atoms with Gasteiger partial charge in [0.2, 0.25) is 0 Å². The van der Waals surface area contributed by atoms with Gasteiger partial charge in [0.05, 0.1) is 0 Å². The van der Waals surface area contributed by atoms with Crippen LogP contribution in [0.25, 0.3) is 65.4 Å². The van der Waals surface area contributed by atoms with Crippen LogP contribution in [0.1, 0.15) is 105 Å². The zero-order valence-corrected chi connectivity index (χ0v) is 42.9. The van der Waals surface area contributed by atoms with Crippen LogP contribution >= 0.6 is 0 Å². The van der Waals surface area contributed by atoms with Crippen molar-refractivity contribution in [3.05, 3.63) is 192 Å². The first-order chi connectivity index (χ1) is 33.2. The van der Waals surface area contributed by atoms with E-state index in [1.807, 2.05) is 0 Å². The van der Waals surface area contributed by atoms with Gasteiger partial charge >= 0.3 is 0 Å². The lowest BCUT2D eigenvalue weighted by molar-refractivity contribution is 0.586. The van der Waals surface area contributed by atoms with Crippen LogP contribution in [0.3, 0.4) is 0 Å². The maximum absolute atomic E-state index is 6.80. The summed E-state index contributed by atoms with van der Waals surface area (Å²) in [6.45, 7) is 27.6. The number of benzene rings is 9. The third kappa shape index (κ3) is 7.79. The van der Waals surface area contributed by atoms with Crippen molar-refractivity contribution >= 4 is 99.5 Å². The largest absolute Gasteiger partial charge is 0.456 e. The maximum atomic E-state index is 6.80. The summed E-state index contributed by atoms with van der Waals surface area (Å²) in [5.74, 6) is 0. The highest BCUT2D eigenvalue weighted by Crippen LogP contribution is 2.48. The molecule has 2 heterocycles. The molecule has 2 aromatic heterocycles. The number of para-hydroxylation sites is 4. The predicted molar refractivity (Wildman–Crippen MR) is 300 cm³/mol. The summed E-state index contributed by atoms with van der Waals surface area (Å²) in [5.41, 5.74) is 15.3. The summed E-state index contributed by atoms with van der Waals surface area (Å²) in [6.07, 6.45) is 0. The Morgan fingerprint density at radius 1 is 0.271 bits per heavy atom. The van der Waals surface area contributed by atoms with Gasteiger partial charge < -0.3 is 18.6 Å². The van der Waals surface area contributed by atoms with Crippen molar-refractivity contribution in [3.63, 3.8) is 0 Å². The van der Waals surface area contributed by atoms with Gasteiger partial charge in [0, 0.05) is 55.7 Å². The highest BCUT2D eigenvalue weighted by Gasteiger charge is 2.30. The third-order valence-corrected chi connectivity index (χ3v) is 14.3. The van der Waals surface area contributed by atoms with Crippen LogP contribution in [-0.4, -0.2) is 0 Å². The molecular weight excluding hydrogens is 853 g/mol. The Labute approximate surface area is 413 Å². The van der Waals surface area contributed by atoms with Crippen molar-refractivity contribution < 1.29 is 8.83 Å². The average molecular weight is 917 g/mol. The summed E-state index contributed by atoms with van der Waals surface area (Å²) in [7, 11) is 0. The molecule has 11 aromatic rings. The van der Waals surface area contributed by atoms with Gasteiger partial charge in [-0.25, -0.2) is 0 Å². The monoisotopic (exact) mass is 916 g/mol. The van der Waals surface area contributed by atoms with Gasteiger partial charge in [-0.1, -0.05) is 168 Å². The standard InChI is InChI=1S/C66H64N2O2/c1-63(2,3)51-21-13-17-25-55(51)67(56-26-18-14-22-52(56)64(4,5)6)45-31-29-41-35-47-49-39-62-50(40-61(49)69-59(47)37-43(41)33-45)48-36-42-30-32-46(34-44(42)38-60(48)70-62)68(57-27-19-15-23-53(57)65(7,8)9)58-28-20-16-24-54(58)66(10,11)12/h13-40H,1-12H3. The molecule has 0 aliphatic carbocycles. The molecular formula is C66H64N2O2. The van der Waals surface area contributed by atoms with E-state index < -0.39 is 0 Å². The lowest BCUT2D eigenvalue weighted by Crippen LogP contribution is -2.22. The molecule has 0 unspecified atom stereocenters. The Kier molecular flexibility index (Phi) is 10.4. The molecule has 0 atom stereocenters. The highest BCUT2D eigenvalue weighted by atomic mass is 16.3. The second kappa shape index (κ2) is 16.1. The smallest absolute Gasteiger partial charge is 0.136 e. The van der Waals surface area contributed by atoms with Crippen LogP contribution in [0.5, 0.6) is 0 Å². The molecule has 0 amide bonds. The number of hydrogen-bond acceptors (Lipinski definition) is 4. The molecule has 9 aromatic carbocycles. The minimum Gasteiger partial charge on any atom is -0.456 e. The molecule has 0 fully saturated rings. The Bertz CT molecular complexity index is 3470. The molecule has 0 bridgehead atoms. The summed E-state index contributed by atoms with van der Waals surface area (Å²) in [4.78, 5) is 4.92. The van der Waals surface area contributed by atoms with E-state index >= 15 is 0 Å². The fourth-order valence-corrected chi connectivity index (χ4v) is 10.8. The number of fused-ring (bicyclic) bond motifs is 8. The van der Waals surface area contributed by atoms with Gasteiger partial charge in [-0.15, -0.1) is 0 Å². The van der Waals surface area contributed by atoms with Crippen LogP contribution in [-0.2, 0) is 21.7 Å². The molecule has 0 saturated carbocycles. The van der Waals surface area contributed by atoms with Crippen LogP contribution < -0.4 is 9.80 Å². The third-order valence-electron chi connectivity index (χ3n) is 14.3. The lowest BCUT2D eigenvalue weighted by atomic mass is 9.83. The van der Waals surface area contributed by atoms with E-state index in [0.29, 0.717) is 0 Å². The van der Waals surface area contributed by atoms with Crippen molar-refractivity contribution in [3.8, 4) is 0 Å². The topological polar surface area (TPSA) is 32.8 Å². The Morgan fingerprint density at radius 3 is 0.843 bits per heavy atom. The Hall–Kier alpha value is -7.30. The zero-order valence-electron chi connectivity index (χ0n) is 42.9. The molecule has 0 radical (unpaired) electrons. The lowest BCUT2D eigenvalue weighted by Gasteiger charge is -2.35. The number of rotatable bonds is 6. The molecule has 0 N–H and O–H groups in total. The van der Waals surface area contributed by atoms with Crippen molar-refractivity contribution in [1.29, 1.82) is 0 Å². The summed E-state index contributed by atoms with van der Waals surface area (Å²) >= 11 is 0. The summed E-state index contributed by atoms with van der Waals surface area (Å²) in [6, 6.07) is 62.5. The quantitative estimate of drug-likeness (QED) is 0.166. The van der Waals surface area contributed by atoms with E-state index in [2.05, 4.69) is 263 Å². The van der Waals surface area contributed by atoms with Crippen molar-refractivity contribution in [2.24, 2.45) is 0 Å². The van der Waals surface area contributed by atoms with Gasteiger partial charge in [-0.2, -0.15) is 0 Å². The summed E-state index contributed by atoms with van der Waals surface area (Å²) in [5, 5.41) is 8.80. The Balaban J connectivity index is 1.03. The molecule has 350 valence electrons. The molecule has 0 saturated heterocycles. The SMILES string of the molecule is CC(C)(C)c1ccccc1N(c1ccc2cc3c(cc2c1)oc1cc2c(cc13)oc1cc3cc(N(c4ccccc4C(C)(C)C)c4ccccc4C(C)(C)C)ccc3cc12)c1ccccc1C(C)(C)C. The average Bonchev–Trinajstić information content (AvgIpc) is 3.84. The molecule has 4 nitrogen and oxygen atoms in total. The first-order valence-electron chi connectivity index (χ1n) is 24.9. The van der Waals surface area contributed by atoms with Crippen LogP contribution in [0.2, 0.25) is 0 Å². The minimum atomic E-state index is -0.0650. The van der Waals surface area contributed by atoms with Gasteiger partial charge in [0.15, 0.2) is 0 Å². The van der Waals surface area contributed by atoms with Crippen molar-refractivity contribution in [2.45, 2.75) is 105 Å². The Morgan fingerprint density at radius 2 is 0.543 bits per heavy atom. The van der Waals surface area contributed by atoms with Crippen molar-refractivity contribution in [1.82, 2.24) is 0 Å². The molecule has 70 heavy (non-hydrogen) atoms. The van der Waals surface area contributed by atoms with Crippen molar-refractivity contribution in [2.75, 3.05) is 9.80 Å². The molecule has 0 spiro atoms. The van der Waals surface area contributed by atoms with E-state index in [-0.39, 0.29) is 21.7 Å². The fraction of sp³-hybridized carbons (Fsp3) is 0.242. The normalized spacial score (nSPS) is 12.9. The van der Waals surface area contributed by atoms with E-state index in [0.717, 1.165) is 76.8 Å². The highest BCUT2D eigenvalue weighted by molar-refractivity contribution is 6.18. The molecule has 0 aliphatic rings. The number of furan rings is 2. The second-order valence-corrected chi connectivity index (χ2v) is 23.5. The molecule has 4 heteroatoms. The number of anilines is 6. The maximum Gasteiger partial charge on any atom is 0.136 e. The minimum absolute atomic E-state index is 0.0650. The van der Waals surface area contributed by atoms with Gasteiger partial charge in [0.25, 0.3) is 0 Å². The van der Waals surface area contributed by atoms with E-state index in [9.17, 15) is 0 Å². The van der Waals surface area contributed by atoms with Gasteiger partial charge in [0.1, 0.15) is 22.3 Å². The van der Waals surface area contributed by atoms with Gasteiger partial charge in [-0.3, -0.25) is 0 Å². The van der Waals surface area contributed by atoms with E-state index in [4.69, 9.17) is 8.83 Å². The van der Waals surface area contributed by atoms with Crippen LogP contribution in [0.15, 0.2) is 179 Å². The fourth-order valence-electron chi connectivity index (χ4n) is 10.8. The predicted octanol–water partition coefficient (Wildman–Crippen LogP) is 19.9. The van der Waals surface area contributed by atoms with Gasteiger partial charge in [-0.05, 0) is 150 Å². The number of nitrogens with zero attached hydrogens (tertiary/aromatic N) is 2.